The first-order chi connectivity index (χ1) is 14.2. The fourth-order valence-electron chi connectivity index (χ4n) is 3.70. The lowest BCUT2D eigenvalue weighted by Crippen LogP contribution is -2.40. The van der Waals surface area contributed by atoms with Crippen LogP contribution in [0.15, 0.2) is 42.6 Å². The Morgan fingerprint density at radius 2 is 1.93 bits per heavy atom. The molecule has 0 bridgehead atoms. The van der Waals surface area contributed by atoms with Crippen molar-refractivity contribution < 1.29 is 14.3 Å². The zero-order valence-corrected chi connectivity index (χ0v) is 17.4. The summed E-state index contributed by atoms with van der Waals surface area (Å²) < 4.78 is 11.4. The Labute approximate surface area is 173 Å². The molecule has 0 saturated carbocycles. The minimum absolute atomic E-state index is 0.00607. The van der Waals surface area contributed by atoms with Crippen molar-refractivity contribution in [2.24, 2.45) is 0 Å². The Morgan fingerprint density at radius 1 is 1.10 bits per heavy atom. The lowest BCUT2D eigenvalue weighted by molar-refractivity contribution is 0.0642. The molecule has 0 aliphatic carbocycles. The second-order valence-corrected chi connectivity index (χ2v) is 7.12. The maximum Gasteiger partial charge on any atom is 0.254 e. The van der Waals surface area contributed by atoms with Crippen LogP contribution >= 0.6 is 0 Å². The number of amides is 1. The number of aromatic nitrogens is 1. The van der Waals surface area contributed by atoms with E-state index in [1.165, 1.54) is 0 Å². The van der Waals surface area contributed by atoms with E-state index in [4.69, 9.17) is 9.47 Å². The van der Waals surface area contributed by atoms with Crippen LogP contribution in [-0.4, -0.2) is 48.1 Å². The first-order valence-electron chi connectivity index (χ1n) is 10.5. The highest BCUT2D eigenvalue weighted by atomic mass is 16.5. The maximum absolute atomic E-state index is 13.6. The Morgan fingerprint density at radius 3 is 2.69 bits per heavy atom. The molecule has 3 rings (SSSR count). The zero-order chi connectivity index (χ0) is 20.5. The van der Waals surface area contributed by atoms with Crippen molar-refractivity contribution in [1.29, 1.82) is 0 Å². The second-order valence-electron chi connectivity index (χ2n) is 7.12. The van der Waals surface area contributed by atoms with E-state index in [9.17, 15) is 4.79 Å². The summed E-state index contributed by atoms with van der Waals surface area (Å²) in [6.07, 6.45) is 4.76. The van der Waals surface area contributed by atoms with Crippen LogP contribution in [0.3, 0.4) is 0 Å². The van der Waals surface area contributed by atoms with Gasteiger partial charge in [0.05, 0.1) is 25.5 Å². The van der Waals surface area contributed by atoms with Gasteiger partial charge in [0.25, 0.3) is 5.91 Å². The molecule has 29 heavy (non-hydrogen) atoms. The van der Waals surface area contributed by atoms with Gasteiger partial charge in [0.1, 0.15) is 0 Å². The van der Waals surface area contributed by atoms with Crippen molar-refractivity contribution in [2.45, 2.75) is 45.7 Å². The van der Waals surface area contributed by atoms with Gasteiger partial charge in [0, 0.05) is 17.8 Å². The number of nitrogens with one attached hydrogen (secondary N) is 1. The van der Waals surface area contributed by atoms with Gasteiger partial charge in [-0.2, -0.15) is 0 Å². The smallest absolute Gasteiger partial charge is 0.254 e. The van der Waals surface area contributed by atoms with Crippen LogP contribution in [0.25, 0.3) is 0 Å². The summed E-state index contributed by atoms with van der Waals surface area (Å²) in [4.78, 5) is 20.0. The van der Waals surface area contributed by atoms with E-state index in [-0.39, 0.29) is 11.9 Å². The Balaban J connectivity index is 1.89. The second kappa shape index (κ2) is 10.8. The quantitative estimate of drug-likeness (QED) is 0.736. The highest BCUT2D eigenvalue weighted by Crippen LogP contribution is 2.30. The summed E-state index contributed by atoms with van der Waals surface area (Å²) in [6, 6.07) is 11.5. The molecule has 2 aromatic rings. The first kappa shape index (κ1) is 21.1. The van der Waals surface area contributed by atoms with Crippen molar-refractivity contribution in [2.75, 3.05) is 26.3 Å². The molecule has 1 aromatic carbocycles. The Bertz CT molecular complexity index is 774. The molecular formula is C23H31N3O3. The van der Waals surface area contributed by atoms with Crippen molar-refractivity contribution in [3.8, 4) is 11.5 Å². The van der Waals surface area contributed by atoms with Gasteiger partial charge in [-0.1, -0.05) is 6.07 Å². The van der Waals surface area contributed by atoms with E-state index in [2.05, 4.69) is 10.3 Å². The zero-order valence-electron chi connectivity index (χ0n) is 17.4. The van der Waals surface area contributed by atoms with Crippen molar-refractivity contribution in [3.63, 3.8) is 0 Å². The minimum atomic E-state index is 0.00607. The summed E-state index contributed by atoms with van der Waals surface area (Å²) in [6.45, 7) is 7.35. The summed E-state index contributed by atoms with van der Waals surface area (Å²) in [7, 11) is 0. The van der Waals surface area contributed by atoms with E-state index in [0.717, 1.165) is 38.0 Å². The number of carbonyl (C=O) groups excluding carboxylic acids is 1. The number of hydrogen-bond donors (Lipinski definition) is 1. The number of ether oxygens (including phenoxy) is 2. The summed E-state index contributed by atoms with van der Waals surface area (Å²) in [5, 5.41) is 3.43. The largest absolute Gasteiger partial charge is 0.490 e. The van der Waals surface area contributed by atoms with E-state index >= 15 is 0 Å². The van der Waals surface area contributed by atoms with Gasteiger partial charge in [-0.15, -0.1) is 0 Å². The lowest BCUT2D eigenvalue weighted by Gasteiger charge is -2.31. The molecule has 2 heterocycles. The van der Waals surface area contributed by atoms with Gasteiger partial charge in [-0.05, 0) is 76.5 Å². The molecule has 1 saturated heterocycles. The molecule has 6 heteroatoms. The third-order valence-corrected chi connectivity index (χ3v) is 5.10. The van der Waals surface area contributed by atoms with Crippen LogP contribution in [0.2, 0.25) is 0 Å². The monoisotopic (exact) mass is 397 g/mol. The van der Waals surface area contributed by atoms with Crippen LogP contribution < -0.4 is 14.8 Å². The predicted octanol–water partition coefficient (Wildman–Crippen LogP) is 3.66. The molecule has 1 atom stereocenters. The van der Waals surface area contributed by atoms with Gasteiger partial charge in [0.15, 0.2) is 11.5 Å². The van der Waals surface area contributed by atoms with Gasteiger partial charge in [-0.25, -0.2) is 0 Å². The molecule has 1 aliphatic heterocycles. The fourth-order valence-corrected chi connectivity index (χ4v) is 3.70. The van der Waals surface area contributed by atoms with Crippen molar-refractivity contribution >= 4 is 5.91 Å². The standard InChI is InChI=1S/C23H31N3O3/c1-3-28-21-11-10-18(16-22(21)29-4-2)23(27)26(17-19-8-5-6-14-25-19)20-9-7-13-24-15-12-20/h5-6,8,10-11,14,16,20,24H,3-4,7,9,12-13,15,17H2,1-2H3. The third-order valence-electron chi connectivity index (χ3n) is 5.10. The molecule has 1 aliphatic rings. The number of carbonyl (C=O) groups is 1. The van der Waals surface area contributed by atoms with Crippen LogP contribution in [0.1, 0.15) is 49.2 Å². The predicted molar refractivity (Wildman–Crippen MR) is 113 cm³/mol. The van der Waals surface area contributed by atoms with Crippen LogP contribution in [-0.2, 0) is 6.54 Å². The molecule has 156 valence electrons. The van der Waals surface area contributed by atoms with E-state index in [1.807, 2.05) is 49.1 Å². The van der Waals surface area contributed by atoms with E-state index in [1.54, 1.807) is 12.3 Å². The molecule has 1 unspecified atom stereocenters. The molecule has 1 N–H and O–H groups in total. The van der Waals surface area contributed by atoms with Crippen molar-refractivity contribution in [3.05, 3.63) is 53.9 Å². The van der Waals surface area contributed by atoms with E-state index < -0.39 is 0 Å². The van der Waals surface area contributed by atoms with Gasteiger partial charge >= 0.3 is 0 Å². The number of hydrogen-bond acceptors (Lipinski definition) is 5. The average molecular weight is 398 g/mol. The normalized spacial score (nSPS) is 16.7. The average Bonchev–Trinajstić information content (AvgIpc) is 3.03. The number of pyridine rings is 1. The summed E-state index contributed by atoms with van der Waals surface area (Å²) in [5.74, 6) is 1.29. The molecule has 1 fully saturated rings. The molecule has 0 spiro atoms. The highest BCUT2D eigenvalue weighted by molar-refractivity contribution is 5.95. The first-order valence-corrected chi connectivity index (χ1v) is 10.5. The van der Waals surface area contributed by atoms with Crippen LogP contribution in [0.5, 0.6) is 11.5 Å². The third kappa shape index (κ3) is 5.70. The number of nitrogens with zero attached hydrogens (tertiary/aromatic N) is 2. The van der Waals surface area contributed by atoms with Crippen LogP contribution in [0.4, 0.5) is 0 Å². The molecule has 0 radical (unpaired) electrons. The summed E-state index contributed by atoms with van der Waals surface area (Å²) in [5.41, 5.74) is 1.51. The van der Waals surface area contributed by atoms with Gasteiger partial charge < -0.3 is 19.7 Å². The topological polar surface area (TPSA) is 63.7 Å². The van der Waals surface area contributed by atoms with Crippen LogP contribution in [0, 0.1) is 0 Å². The SMILES string of the molecule is CCOc1ccc(C(=O)N(Cc2ccccn2)C2CCCNCC2)cc1OCC. The number of rotatable bonds is 8. The number of benzene rings is 1. The molecule has 1 amide bonds. The highest BCUT2D eigenvalue weighted by Gasteiger charge is 2.27. The van der Waals surface area contributed by atoms with E-state index in [0.29, 0.717) is 36.8 Å². The maximum atomic E-state index is 13.6. The van der Waals surface area contributed by atoms with Gasteiger partial charge in [-0.3, -0.25) is 9.78 Å². The van der Waals surface area contributed by atoms with Crippen molar-refractivity contribution in [1.82, 2.24) is 15.2 Å². The Kier molecular flexibility index (Phi) is 7.87. The molecular weight excluding hydrogens is 366 g/mol. The minimum Gasteiger partial charge on any atom is -0.490 e. The molecule has 6 nitrogen and oxygen atoms in total. The lowest BCUT2D eigenvalue weighted by atomic mass is 10.0. The van der Waals surface area contributed by atoms with Gasteiger partial charge in [0.2, 0.25) is 0 Å². The summed E-state index contributed by atoms with van der Waals surface area (Å²) >= 11 is 0. The molecule has 1 aromatic heterocycles. The fraction of sp³-hybridized carbons (Fsp3) is 0.478. The Hall–Kier alpha value is -2.60.